The molecule has 0 amide bonds. The molecule has 0 spiro atoms. The van der Waals surface area contributed by atoms with Crippen LogP contribution in [0.4, 0.5) is 0 Å². The van der Waals surface area contributed by atoms with Gasteiger partial charge >= 0.3 is 0 Å². The quantitative estimate of drug-likeness (QED) is 0.254. The zero-order valence-corrected chi connectivity index (χ0v) is 22.9. The molecule has 0 heterocycles. The molecule has 4 aromatic carbocycles. The summed E-state index contributed by atoms with van der Waals surface area (Å²) < 4.78 is 0. The minimum absolute atomic E-state index is 0.256. The van der Waals surface area contributed by atoms with Crippen molar-refractivity contribution in [2.45, 2.75) is 64.7 Å². The van der Waals surface area contributed by atoms with E-state index < -0.39 is 0 Å². The van der Waals surface area contributed by atoms with Crippen LogP contribution in [0.1, 0.15) is 80.5 Å². The second-order valence-corrected chi connectivity index (χ2v) is 11.8. The van der Waals surface area contributed by atoms with Crippen molar-refractivity contribution in [1.82, 2.24) is 0 Å². The van der Waals surface area contributed by atoms with Crippen LogP contribution in [0.15, 0.2) is 84.9 Å². The van der Waals surface area contributed by atoms with Crippen LogP contribution in [0.3, 0.4) is 0 Å². The van der Waals surface area contributed by atoms with Gasteiger partial charge in [-0.2, -0.15) is 0 Å². The van der Waals surface area contributed by atoms with Gasteiger partial charge in [0.25, 0.3) is 0 Å². The largest absolute Gasteiger partial charge is 0.508 e. The third kappa shape index (κ3) is 4.96. The summed E-state index contributed by atoms with van der Waals surface area (Å²) in [4.78, 5) is 0. The van der Waals surface area contributed by atoms with Crippen molar-refractivity contribution in [3.63, 3.8) is 0 Å². The lowest BCUT2D eigenvalue weighted by atomic mass is 9.69. The fourth-order valence-corrected chi connectivity index (χ4v) is 5.01. The van der Waals surface area contributed by atoms with E-state index in [-0.39, 0.29) is 27.7 Å². The lowest BCUT2D eigenvalue weighted by Crippen LogP contribution is -2.26. The van der Waals surface area contributed by atoms with Crippen LogP contribution >= 0.6 is 0 Å². The maximum absolute atomic E-state index is 10.1. The smallest absolute Gasteiger partial charge is 0.118 e. The summed E-state index contributed by atoms with van der Waals surface area (Å²) >= 11 is 0. The van der Waals surface area contributed by atoms with Gasteiger partial charge in [0.05, 0.1) is 0 Å². The molecule has 0 saturated heterocycles. The molecular weight excluding hydrogens is 456 g/mol. The first-order chi connectivity index (χ1) is 17.2. The molecule has 0 aromatic heterocycles. The Morgan fingerprint density at radius 3 is 1.08 bits per heavy atom. The summed E-state index contributed by atoms with van der Waals surface area (Å²) in [5.41, 5.74) is 6.83. The molecule has 0 aliphatic heterocycles. The van der Waals surface area contributed by atoms with Gasteiger partial charge in [-0.3, -0.25) is 0 Å². The summed E-state index contributed by atoms with van der Waals surface area (Å²) in [5, 5.41) is 29.9. The number of phenolic OH excluding ortho intramolecular Hbond substituents is 3. The van der Waals surface area contributed by atoms with Gasteiger partial charge in [0.15, 0.2) is 0 Å². The maximum atomic E-state index is 10.1. The first kappa shape index (κ1) is 26.3. The SMILES string of the molecule is Cc1cc(C(C)(C)c2cc(C(C)(C)c3ccc(O)cc3)cc(C(C)(C)c3ccc(O)cc3)c2)ccc1O. The number of benzene rings is 4. The Hall–Kier alpha value is -3.72. The number of hydrogen-bond donors (Lipinski definition) is 3. The third-order valence-electron chi connectivity index (χ3n) is 8.19. The van der Waals surface area contributed by atoms with E-state index in [2.05, 4.69) is 65.8 Å². The zero-order valence-electron chi connectivity index (χ0n) is 22.9. The van der Waals surface area contributed by atoms with Crippen molar-refractivity contribution in [3.8, 4) is 17.2 Å². The summed E-state index contributed by atoms with van der Waals surface area (Å²) in [7, 11) is 0. The minimum atomic E-state index is -0.320. The van der Waals surface area contributed by atoms with Gasteiger partial charge in [0.2, 0.25) is 0 Å². The maximum Gasteiger partial charge on any atom is 0.118 e. The van der Waals surface area contributed by atoms with Crippen molar-refractivity contribution in [2.75, 3.05) is 0 Å². The van der Waals surface area contributed by atoms with Crippen LogP contribution in [0.25, 0.3) is 0 Å². The van der Waals surface area contributed by atoms with Crippen LogP contribution in [0.2, 0.25) is 0 Å². The first-order valence-corrected chi connectivity index (χ1v) is 12.8. The average Bonchev–Trinajstić information content (AvgIpc) is 2.86. The summed E-state index contributed by atoms with van der Waals surface area (Å²) in [6, 6.07) is 27.7. The Kier molecular flexibility index (Phi) is 6.62. The lowest BCUT2D eigenvalue weighted by Gasteiger charge is -2.35. The van der Waals surface area contributed by atoms with Crippen molar-refractivity contribution in [1.29, 1.82) is 0 Å². The summed E-state index contributed by atoms with van der Waals surface area (Å²) in [6.07, 6.45) is 0. The molecule has 0 aliphatic carbocycles. The van der Waals surface area contributed by atoms with Crippen LogP contribution in [-0.2, 0) is 16.2 Å². The van der Waals surface area contributed by atoms with Crippen molar-refractivity contribution < 1.29 is 15.3 Å². The Bertz CT molecular complexity index is 1330. The molecule has 4 rings (SSSR count). The minimum Gasteiger partial charge on any atom is -0.508 e. The van der Waals surface area contributed by atoms with E-state index in [1.165, 1.54) is 16.7 Å². The molecule has 0 aliphatic rings. The number of rotatable bonds is 6. The highest BCUT2D eigenvalue weighted by molar-refractivity contribution is 5.52. The lowest BCUT2D eigenvalue weighted by molar-refractivity contribution is 0.470. The van der Waals surface area contributed by atoms with Gasteiger partial charge in [-0.25, -0.2) is 0 Å². The van der Waals surface area contributed by atoms with Gasteiger partial charge in [0.1, 0.15) is 17.2 Å². The van der Waals surface area contributed by atoms with E-state index in [0.717, 1.165) is 22.3 Å². The summed E-state index contributed by atoms with van der Waals surface area (Å²) in [5.74, 6) is 0.813. The Morgan fingerprint density at radius 1 is 0.405 bits per heavy atom. The topological polar surface area (TPSA) is 60.7 Å². The molecule has 192 valence electrons. The van der Waals surface area contributed by atoms with Crippen molar-refractivity contribution in [3.05, 3.63) is 124 Å². The molecule has 4 aromatic rings. The number of hydrogen-bond acceptors (Lipinski definition) is 3. The van der Waals surface area contributed by atoms with Crippen molar-refractivity contribution >= 4 is 0 Å². The molecule has 3 nitrogen and oxygen atoms in total. The van der Waals surface area contributed by atoms with Crippen molar-refractivity contribution in [2.24, 2.45) is 0 Å². The molecule has 0 radical (unpaired) electrons. The monoisotopic (exact) mass is 494 g/mol. The molecule has 3 N–H and O–H groups in total. The zero-order chi connectivity index (χ0) is 27.2. The van der Waals surface area contributed by atoms with E-state index in [4.69, 9.17) is 0 Å². The first-order valence-electron chi connectivity index (χ1n) is 12.8. The van der Waals surface area contributed by atoms with Gasteiger partial charge in [-0.1, -0.05) is 96.1 Å². The molecule has 0 fully saturated rings. The molecule has 0 bridgehead atoms. The molecule has 0 saturated carbocycles. The van der Waals surface area contributed by atoms with Gasteiger partial charge in [-0.15, -0.1) is 0 Å². The predicted octanol–water partition coefficient (Wildman–Crippen LogP) is 8.09. The van der Waals surface area contributed by atoms with Crippen LogP contribution in [0.5, 0.6) is 17.2 Å². The number of aromatic hydroxyl groups is 3. The standard InChI is InChI=1S/C34H38O3/c1-22-18-25(12-17-31(22)37)34(6,7)28-20-26(32(2,3)23-8-13-29(35)14-9-23)19-27(21-28)33(4,5)24-10-15-30(36)16-11-24/h8-21,35-37H,1-7H3. The highest BCUT2D eigenvalue weighted by Crippen LogP contribution is 2.42. The van der Waals surface area contributed by atoms with E-state index >= 15 is 0 Å². The van der Waals surface area contributed by atoms with E-state index in [1.54, 1.807) is 30.3 Å². The van der Waals surface area contributed by atoms with Gasteiger partial charge < -0.3 is 15.3 Å². The summed E-state index contributed by atoms with van der Waals surface area (Å²) in [6.45, 7) is 15.2. The molecule has 0 atom stereocenters. The van der Waals surface area contributed by atoms with Gasteiger partial charge in [0, 0.05) is 16.2 Å². The second kappa shape index (κ2) is 9.30. The Labute approximate surface area is 221 Å². The predicted molar refractivity (Wildman–Crippen MR) is 152 cm³/mol. The molecular formula is C34H38O3. The van der Waals surface area contributed by atoms with E-state index in [9.17, 15) is 15.3 Å². The van der Waals surface area contributed by atoms with E-state index in [0.29, 0.717) is 5.75 Å². The van der Waals surface area contributed by atoms with Gasteiger partial charge in [-0.05, 0) is 76.2 Å². The van der Waals surface area contributed by atoms with Crippen LogP contribution in [-0.4, -0.2) is 15.3 Å². The Balaban J connectivity index is 1.95. The fraction of sp³-hybridized carbons (Fsp3) is 0.294. The molecule has 37 heavy (non-hydrogen) atoms. The van der Waals surface area contributed by atoms with E-state index in [1.807, 2.05) is 37.3 Å². The van der Waals surface area contributed by atoms with Crippen LogP contribution in [0, 0.1) is 6.92 Å². The normalized spacial score (nSPS) is 12.5. The molecule has 3 heteroatoms. The molecule has 0 unspecified atom stereocenters. The number of phenols is 3. The van der Waals surface area contributed by atoms with Crippen LogP contribution < -0.4 is 0 Å². The fourth-order valence-electron chi connectivity index (χ4n) is 5.01. The Morgan fingerprint density at radius 2 is 0.730 bits per heavy atom. The highest BCUT2D eigenvalue weighted by Gasteiger charge is 2.32. The third-order valence-corrected chi connectivity index (χ3v) is 8.19. The number of aryl methyl sites for hydroxylation is 1. The average molecular weight is 495 g/mol. The second-order valence-electron chi connectivity index (χ2n) is 11.8. The highest BCUT2D eigenvalue weighted by atomic mass is 16.3.